The predicted octanol–water partition coefficient (Wildman–Crippen LogP) is 1.69. The van der Waals surface area contributed by atoms with Crippen molar-refractivity contribution in [2.75, 3.05) is 0 Å². The van der Waals surface area contributed by atoms with Crippen molar-refractivity contribution in [1.82, 2.24) is 9.97 Å². The van der Waals surface area contributed by atoms with Crippen LogP contribution in [0.15, 0.2) is 33.8 Å². The lowest BCUT2D eigenvalue weighted by molar-refractivity contribution is 1.27. The molecule has 0 aliphatic carbocycles. The van der Waals surface area contributed by atoms with E-state index < -0.39 is 0 Å². The van der Waals surface area contributed by atoms with Crippen LogP contribution in [-0.2, 0) is 0 Å². The zero-order chi connectivity index (χ0) is 8.55. The number of hydrogen-bond donors (Lipinski definition) is 1. The zero-order valence-electron chi connectivity index (χ0n) is 6.04. The van der Waals surface area contributed by atoms with Crippen LogP contribution in [0.25, 0.3) is 10.9 Å². The minimum Gasteiger partial charge on any atom is -0.322 e. The number of nitrogens with zero attached hydrogens (tertiary/aromatic N) is 1. The molecule has 0 aliphatic rings. The van der Waals surface area contributed by atoms with Gasteiger partial charge in [-0.15, -0.1) is 0 Å². The summed E-state index contributed by atoms with van der Waals surface area (Å²) in [6.45, 7) is 0. The molecule has 0 atom stereocenters. The first-order chi connectivity index (χ1) is 5.77. The summed E-state index contributed by atoms with van der Waals surface area (Å²) in [7, 11) is 0. The molecule has 0 unspecified atom stereocenters. The van der Waals surface area contributed by atoms with Crippen molar-refractivity contribution in [2.45, 2.75) is 0 Å². The molecular formula is C8H5BrN2O. The molecule has 0 bridgehead atoms. The van der Waals surface area contributed by atoms with Gasteiger partial charge in [0, 0.05) is 28.3 Å². The average Bonchev–Trinajstić information content (AvgIpc) is 2.04. The topological polar surface area (TPSA) is 45.8 Å². The molecule has 2 rings (SSSR count). The maximum absolute atomic E-state index is 11.0. The summed E-state index contributed by atoms with van der Waals surface area (Å²) < 4.78 is 0.773. The summed E-state index contributed by atoms with van der Waals surface area (Å²) in [5, 5.41) is 0.914. The number of halogens is 1. The molecule has 0 radical (unpaired) electrons. The summed E-state index contributed by atoms with van der Waals surface area (Å²) in [5.41, 5.74) is 0.685. The largest absolute Gasteiger partial charge is 0.322 e. The molecular weight excluding hydrogens is 220 g/mol. The number of pyridine rings is 2. The fourth-order valence-electron chi connectivity index (χ4n) is 1.06. The molecule has 2 heterocycles. The number of hydrogen-bond acceptors (Lipinski definition) is 2. The maximum atomic E-state index is 11.0. The first-order valence-electron chi connectivity index (χ1n) is 3.40. The molecule has 0 saturated heterocycles. The Morgan fingerprint density at radius 2 is 2.33 bits per heavy atom. The van der Waals surface area contributed by atoms with Crippen molar-refractivity contribution >= 4 is 26.8 Å². The highest BCUT2D eigenvalue weighted by Crippen LogP contribution is 2.18. The van der Waals surface area contributed by atoms with Crippen LogP contribution in [0, 0.1) is 0 Å². The third-order valence-electron chi connectivity index (χ3n) is 1.59. The molecule has 4 heteroatoms. The van der Waals surface area contributed by atoms with Crippen molar-refractivity contribution in [3.05, 3.63) is 39.4 Å². The molecule has 60 valence electrons. The number of rotatable bonds is 0. The van der Waals surface area contributed by atoms with Gasteiger partial charge in [0.1, 0.15) is 0 Å². The lowest BCUT2D eigenvalue weighted by atomic mass is 10.3. The number of nitrogens with one attached hydrogen (secondary N) is 1. The van der Waals surface area contributed by atoms with Crippen LogP contribution in [0.2, 0.25) is 0 Å². The number of fused-ring (bicyclic) bond motifs is 1. The molecule has 0 aliphatic heterocycles. The van der Waals surface area contributed by atoms with Gasteiger partial charge in [-0.3, -0.25) is 9.78 Å². The number of aromatic nitrogens is 2. The Kier molecular flexibility index (Phi) is 1.69. The minimum atomic E-state index is -0.111. The zero-order valence-corrected chi connectivity index (χ0v) is 7.63. The quantitative estimate of drug-likeness (QED) is 0.741. The second-order valence-electron chi connectivity index (χ2n) is 2.40. The van der Waals surface area contributed by atoms with Crippen molar-refractivity contribution in [3.63, 3.8) is 0 Å². The van der Waals surface area contributed by atoms with Gasteiger partial charge in [0.25, 0.3) is 0 Å². The summed E-state index contributed by atoms with van der Waals surface area (Å²) in [5.74, 6) is 0. The van der Waals surface area contributed by atoms with E-state index in [9.17, 15) is 4.79 Å². The van der Waals surface area contributed by atoms with E-state index in [1.807, 2.05) is 0 Å². The van der Waals surface area contributed by atoms with Crippen molar-refractivity contribution in [1.29, 1.82) is 0 Å². The fourth-order valence-corrected chi connectivity index (χ4v) is 1.58. The normalized spacial score (nSPS) is 10.4. The van der Waals surface area contributed by atoms with E-state index in [2.05, 4.69) is 25.9 Å². The van der Waals surface area contributed by atoms with Crippen LogP contribution in [0.4, 0.5) is 0 Å². The van der Waals surface area contributed by atoms with Crippen LogP contribution >= 0.6 is 15.9 Å². The average molecular weight is 225 g/mol. The summed E-state index contributed by atoms with van der Waals surface area (Å²) in [6, 6.07) is 3.26. The Bertz CT molecular complexity index is 478. The van der Waals surface area contributed by atoms with Gasteiger partial charge < -0.3 is 4.98 Å². The van der Waals surface area contributed by atoms with E-state index in [0.717, 1.165) is 15.4 Å². The molecule has 0 aromatic carbocycles. The lowest BCUT2D eigenvalue weighted by Gasteiger charge is -1.97. The van der Waals surface area contributed by atoms with Gasteiger partial charge in [0.15, 0.2) is 0 Å². The van der Waals surface area contributed by atoms with Crippen LogP contribution in [0.1, 0.15) is 0 Å². The van der Waals surface area contributed by atoms with Crippen LogP contribution in [0.5, 0.6) is 0 Å². The maximum Gasteiger partial charge on any atom is 0.249 e. The Balaban J connectivity index is 2.99. The van der Waals surface area contributed by atoms with E-state index >= 15 is 0 Å². The first-order valence-corrected chi connectivity index (χ1v) is 4.19. The Morgan fingerprint density at radius 1 is 1.50 bits per heavy atom. The standard InChI is InChI=1S/C8H5BrN2O/c9-6-3-8(12)11-7-1-2-10-4-5(6)7/h1-4H,(H,11,12). The molecule has 0 fully saturated rings. The van der Waals surface area contributed by atoms with E-state index in [-0.39, 0.29) is 5.56 Å². The molecule has 2 aromatic heterocycles. The molecule has 0 spiro atoms. The number of aromatic amines is 1. The highest BCUT2D eigenvalue weighted by atomic mass is 79.9. The third kappa shape index (κ3) is 1.14. The summed E-state index contributed by atoms with van der Waals surface area (Å²) in [4.78, 5) is 17.7. The Hall–Kier alpha value is -1.16. The van der Waals surface area contributed by atoms with Crippen LogP contribution in [0.3, 0.4) is 0 Å². The molecule has 3 nitrogen and oxygen atoms in total. The van der Waals surface area contributed by atoms with Crippen LogP contribution in [-0.4, -0.2) is 9.97 Å². The first kappa shape index (κ1) is 7.49. The molecule has 12 heavy (non-hydrogen) atoms. The SMILES string of the molecule is O=c1cc(Br)c2cnccc2[nH]1. The molecule has 1 N–H and O–H groups in total. The van der Waals surface area contributed by atoms with Crippen molar-refractivity contribution < 1.29 is 0 Å². The third-order valence-corrected chi connectivity index (χ3v) is 2.25. The van der Waals surface area contributed by atoms with E-state index in [1.54, 1.807) is 18.5 Å². The van der Waals surface area contributed by atoms with Crippen LogP contribution < -0.4 is 5.56 Å². The van der Waals surface area contributed by atoms with Gasteiger partial charge in [0.05, 0.1) is 5.52 Å². The summed E-state index contributed by atoms with van der Waals surface area (Å²) in [6.07, 6.45) is 3.35. The van der Waals surface area contributed by atoms with E-state index in [1.165, 1.54) is 6.07 Å². The smallest absolute Gasteiger partial charge is 0.249 e. The molecule has 0 amide bonds. The predicted molar refractivity (Wildman–Crippen MR) is 50.1 cm³/mol. The second kappa shape index (κ2) is 2.71. The van der Waals surface area contributed by atoms with Gasteiger partial charge in [-0.1, -0.05) is 0 Å². The van der Waals surface area contributed by atoms with E-state index in [4.69, 9.17) is 0 Å². The molecule has 2 aromatic rings. The van der Waals surface area contributed by atoms with Gasteiger partial charge in [-0.05, 0) is 22.0 Å². The van der Waals surface area contributed by atoms with Gasteiger partial charge in [-0.2, -0.15) is 0 Å². The lowest BCUT2D eigenvalue weighted by Crippen LogP contribution is -2.03. The Morgan fingerprint density at radius 3 is 3.17 bits per heavy atom. The van der Waals surface area contributed by atoms with Gasteiger partial charge in [-0.25, -0.2) is 0 Å². The highest BCUT2D eigenvalue weighted by molar-refractivity contribution is 9.10. The summed E-state index contributed by atoms with van der Waals surface area (Å²) >= 11 is 3.29. The molecule has 0 saturated carbocycles. The van der Waals surface area contributed by atoms with Gasteiger partial charge >= 0.3 is 0 Å². The monoisotopic (exact) mass is 224 g/mol. The van der Waals surface area contributed by atoms with E-state index in [0.29, 0.717) is 0 Å². The number of H-pyrrole nitrogens is 1. The van der Waals surface area contributed by atoms with Gasteiger partial charge in [0.2, 0.25) is 5.56 Å². The minimum absolute atomic E-state index is 0.111. The Labute approximate surface area is 76.6 Å². The fraction of sp³-hybridized carbons (Fsp3) is 0. The van der Waals surface area contributed by atoms with Crippen molar-refractivity contribution in [3.8, 4) is 0 Å². The second-order valence-corrected chi connectivity index (χ2v) is 3.26. The highest BCUT2D eigenvalue weighted by Gasteiger charge is 1.98. The van der Waals surface area contributed by atoms with Crippen molar-refractivity contribution in [2.24, 2.45) is 0 Å².